The smallest absolute Gasteiger partial charge is 0.151 e. The van der Waals surface area contributed by atoms with Crippen molar-refractivity contribution in [2.75, 3.05) is 0 Å². The minimum Gasteiger partial charge on any atom is -0.298 e. The van der Waals surface area contributed by atoms with E-state index in [0.717, 1.165) is 36.0 Å². The molecule has 0 fully saturated rings. The first-order valence-electron chi connectivity index (χ1n) is 9.88. The predicted octanol–water partition coefficient (Wildman–Crippen LogP) is 7.11. The molecule has 0 bridgehead atoms. The highest BCUT2D eigenvalue weighted by atomic mass is 32.1. The molecular formula is C25H28OS. The summed E-state index contributed by atoms with van der Waals surface area (Å²) in [6.07, 6.45) is 12.3. The molecule has 1 nitrogen and oxygen atoms in total. The number of aryl methyl sites for hydroxylation is 1. The molecule has 0 saturated carbocycles. The van der Waals surface area contributed by atoms with Crippen LogP contribution in [0, 0.1) is 10.8 Å². The molecule has 0 spiro atoms. The molecule has 2 aliphatic rings. The molecule has 1 heterocycles. The molecule has 0 saturated heterocycles. The van der Waals surface area contributed by atoms with Gasteiger partial charge in [0.25, 0.3) is 0 Å². The number of benzene rings is 1. The van der Waals surface area contributed by atoms with E-state index in [2.05, 4.69) is 70.2 Å². The summed E-state index contributed by atoms with van der Waals surface area (Å²) < 4.78 is 0. The SMILES string of the molecule is CC1(C)C=CC(c2ccc(-c3sc4c(c3C=O)CC(C)(C)CC4)cc2)=CC1. The zero-order valence-corrected chi connectivity index (χ0v) is 17.6. The molecule has 1 aromatic carbocycles. The third kappa shape index (κ3) is 3.60. The lowest BCUT2D eigenvalue weighted by molar-refractivity contribution is 0.112. The Bertz CT molecular complexity index is 935. The Morgan fingerprint density at radius 1 is 1.04 bits per heavy atom. The van der Waals surface area contributed by atoms with Gasteiger partial charge in [0.05, 0.1) is 0 Å². The van der Waals surface area contributed by atoms with Crippen molar-refractivity contribution >= 4 is 23.2 Å². The molecule has 140 valence electrons. The van der Waals surface area contributed by atoms with Crippen LogP contribution < -0.4 is 0 Å². The number of hydrogen-bond acceptors (Lipinski definition) is 2. The highest BCUT2D eigenvalue weighted by molar-refractivity contribution is 7.16. The molecule has 2 aliphatic carbocycles. The standard InChI is InChI=1S/C25H28OS/c1-24(2)12-9-18(10-13-24)17-5-7-19(8-6-17)23-21(16-26)20-15-25(3,4)14-11-22(20)27-23/h5-10,12,16H,11,13-15H2,1-4H3. The lowest BCUT2D eigenvalue weighted by Crippen LogP contribution is -2.21. The number of hydrogen-bond donors (Lipinski definition) is 0. The summed E-state index contributed by atoms with van der Waals surface area (Å²) in [5.41, 5.74) is 6.48. The lowest BCUT2D eigenvalue weighted by Gasteiger charge is -2.29. The van der Waals surface area contributed by atoms with Crippen molar-refractivity contribution in [1.29, 1.82) is 0 Å². The van der Waals surface area contributed by atoms with Gasteiger partial charge in [0.2, 0.25) is 0 Å². The van der Waals surface area contributed by atoms with E-state index in [4.69, 9.17) is 0 Å². The van der Waals surface area contributed by atoms with Gasteiger partial charge in [-0.25, -0.2) is 0 Å². The molecule has 0 unspecified atom stereocenters. The summed E-state index contributed by atoms with van der Waals surface area (Å²) >= 11 is 1.82. The number of aldehydes is 1. The summed E-state index contributed by atoms with van der Waals surface area (Å²) in [7, 11) is 0. The number of allylic oxidation sites excluding steroid dienone is 4. The molecular weight excluding hydrogens is 348 g/mol. The van der Waals surface area contributed by atoms with Crippen LogP contribution in [0.4, 0.5) is 0 Å². The van der Waals surface area contributed by atoms with Crippen molar-refractivity contribution in [3.05, 3.63) is 64.1 Å². The van der Waals surface area contributed by atoms with Crippen LogP contribution in [0.2, 0.25) is 0 Å². The first-order valence-corrected chi connectivity index (χ1v) is 10.7. The first-order chi connectivity index (χ1) is 12.8. The molecule has 0 N–H and O–H groups in total. The quantitative estimate of drug-likeness (QED) is 0.522. The number of rotatable bonds is 3. The van der Waals surface area contributed by atoms with Crippen LogP contribution >= 0.6 is 11.3 Å². The van der Waals surface area contributed by atoms with E-state index in [-0.39, 0.29) is 5.41 Å². The summed E-state index contributed by atoms with van der Waals surface area (Å²) in [5.74, 6) is 0. The Morgan fingerprint density at radius 2 is 1.74 bits per heavy atom. The van der Waals surface area contributed by atoms with Gasteiger partial charge in [0.1, 0.15) is 0 Å². The largest absolute Gasteiger partial charge is 0.298 e. The van der Waals surface area contributed by atoms with Gasteiger partial charge in [-0.05, 0) is 58.8 Å². The maximum Gasteiger partial charge on any atom is 0.151 e. The molecule has 0 radical (unpaired) electrons. The summed E-state index contributed by atoms with van der Waals surface area (Å²) in [4.78, 5) is 14.5. The summed E-state index contributed by atoms with van der Waals surface area (Å²) in [5, 5.41) is 0. The van der Waals surface area contributed by atoms with Crippen LogP contribution in [0.1, 0.15) is 66.9 Å². The Hall–Kier alpha value is -1.93. The average Bonchev–Trinajstić information content (AvgIpc) is 2.98. The average molecular weight is 377 g/mol. The molecule has 0 amide bonds. The fourth-order valence-electron chi connectivity index (χ4n) is 4.13. The third-order valence-electron chi connectivity index (χ3n) is 5.98. The first kappa shape index (κ1) is 18.4. The van der Waals surface area contributed by atoms with E-state index in [9.17, 15) is 4.79 Å². The van der Waals surface area contributed by atoms with Gasteiger partial charge in [0.15, 0.2) is 6.29 Å². The van der Waals surface area contributed by atoms with Crippen LogP contribution in [-0.4, -0.2) is 6.29 Å². The van der Waals surface area contributed by atoms with Gasteiger partial charge in [-0.2, -0.15) is 0 Å². The van der Waals surface area contributed by atoms with Gasteiger partial charge in [-0.1, -0.05) is 70.2 Å². The molecule has 0 atom stereocenters. The molecule has 0 aliphatic heterocycles. The van der Waals surface area contributed by atoms with E-state index in [1.807, 2.05) is 11.3 Å². The van der Waals surface area contributed by atoms with Crippen molar-refractivity contribution in [2.45, 2.75) is 53.4 Å². The normalized spacial score (nSPS) is 20.1. The van der Waals surface area contributed by atoms with Crippen LogP contribution in [0.3, 0.4) is 0 Å². The Balaban J connectivity index is 1.66. The summed E-state index contributed by atoms with van der Waals surface area (Å²) in [6, 6.07) is 8.75. The number of fused-ring (bicyclic) bond motifs is 1. The highest BCUT2D eigenvalue weighted by Crippen LogP contribution is 2.44. The number of carbonyl (C=O) groups is 1. The van der Waals surface area contributed by atoms with E-state index >= 15 is 0 Å². The van der Waals surface area contributed by atoms with E-state index in [1.54, 1.807) is 0 Å². The Labute approximate surface area is 166 Å². The molecule has 2 aromatic rings. The molecule has 4 rings (SSSR count). The van der Waals surface area contributed by atoms with E-state index < -0.39 is 0 Å². The van der Waals surface area contributed by atoms with E-state index in [0.29, 0.717) is 5.41 Å². The van der Waals surface area contributed by atoms with Crippen molar-refractivity contribution in [1.82, 2.24) is 0 Å². The lowest BCUT2D eigenvalue weighted by atomic mass is 9.76. The molecule has 1 aromatic heterocycles. The van der Waals surface area contributed by atoms with Crippen LogP contribution in [-0.2, 0) is 12.8 Å². The predicted molar refractivity (Wildman–Crippen MR) is 116 cm³/mol. The second-order valence-electron chi connectivity index (χ2n) is 9.47. The van der Waals surface area contributed by atoms with Crippen molar-refractivity contribution in [3.8, 4) is 10.4 Å². The maximum absolute atomic E-state index is 11.9. The number of carbonyl (C=O) groups excluding carboxylic acids is 1. The van der Waals surface area contributed by atoms with E-state index in [1.165, 1.54) is 33.6 Å². The van der Waals surface area contributed by atoms with Crippen molar-refractivity contribution in [3.63, 3.8) is 0 Å². The van der Waals surface area contributed by atoms with Gasteiger partial charge < -0.3 is 0 Å². The molecule has 27 heavy (non-hydrogen) atoms. The fourth-order valence-corrected chi connectivity index (χ4v) is 5.42. The minimum absolute atomic E-state index is 0.256. The van der Waals surface area contributed by atoms with Gasteiger partial charge in [0, 0.05) is 15.3 Å². The topological polar surface area (TPSA) is 17.1 Å². The van der Waals surface area contributed by atoms with Crippen LogP contribution in [0.25, 0.3) is 16.0 Å². The Kier molecular flexibility index (Phi) is 4.50. The van der Waals surface area contributed by atoms with Gasteiger partial charge in [-0.3, -0.25) is 4.79 Å². The van der Waals surface area contributed by atoms with Crippen LogP contribution in [0.15, 0.2) is 42.5 Å². The second-order valence-corrected chi connectivity index (χ2v) is 10.6. The van der Waals surface area contributed by atoms with Crippen molar-refractivity contribution in [2.24, 2.45) is 10.8 Å². The van der Waals surface area contributed by atoms with Gasteiger partial charge in [-0.15, -0.1) is 11.3 Å². The third-order valence-corrected chi connectivity index (χ3v) is 7.33. The highest BCUT2D eigenvalue weighted by Gasteiger charge is 2.30. The second kappa shape index (κ2) is 6.60. The molecule has 2 heteroatoms. The maximum atomic E-state index is 11.9. The zero-order chi connectivity index (χ0) is 19.2. The Morgan fingerprint density at radius 3 is 2.37 bits per heavy atom. The van der Waals surface area contributed by atoms with Crippen LogP contribution in [0.5, 0.6) is 0 Å². The monoisotopic (exact) mass is 376 g/mol. The fraction of sp³-hybridized carbons (Fsp3) is 0.400. The summed E-state index contributed by atoms with van der Waals surface area (Å²) in [6.45, 7) is 9.15. The minimum atomic E-state index is 0.256. The van der Waals surface area contributed by atoms with Gasteiger partial charge >= 0.3 is 0 Å². The number of thiophene rings is 1. The van der Waals surface area contributed by atoms with Crippen molar-refractivity contribution < 1.29 is 4.79 Å². The zero-order valence-electron chi connectivity index (χ0n) is 16.8.